The number of rotatable bonds is 11. The highest BCUT2D eigenvalue weighted by Crippen LogP contribution is 2.21. The van der Waals surface area contributed by atoms with E-state index < -0.39 is 17.9 Å². The lowest BCUT2D eigenvalue weighted by Crippen LogP contribution is -2.46. The van der Waals surface area contributed by atoms with Crippen LogP contribution in [0.2, 0.25) is 0 Å². The second-order valence-electron chi connectivity index (χ2n) is 9.08. The number of hydrogen-bond donors (Lipinski definition) is 1. The number of nitrogens with one attached hydrogen (secondary N) is 1. The van der Waals surface area contributed by atoms with Crippen LogP contribution < -0.4 is 5.32 Å². The quantitative estimate of drug-likeness (QED) is 0.258. The Hall–Kier alpha value is -4.23. The van der Waals surface area contributed by atoms with Crippen LogP contribution >= 0.6 is 11.8 Å². The number of ether oxygens (including phenoxy) is 1. The minimum atomic E-state index is -0.861. The van der Waals surface area contributed by atoms with Gasteiger partial charge in [-0.05, 0) is 34.7 Å². The van der Waals surface area contributed by atoms with Gasteiger partial charge in [0.1, 0.15) is 6.04 Å². The molecule has 1 unspecified atom stereocenters. The fraction of sp³-hybridized carbons (Fsp3) is 0.188. The van der Waals surface area contributed by atoms with Gasteiger partial charge in [-0.25, -0.2) is 4.79 Å². The molecule has 198 valence electrons. The molecule has 0 bridgehead atoms. The van der Waals surface area contributed by atoms with Crippen LogP contribution in [0.4, 0.5) is 0 Å². The smallest absolute Gasteiger partial charge is 0.328 e. The van der Waals surface area contributed by atoms with Crippen molar-refractivity contribution in [3.8, 4) is 11.1 Å². The first-order chi connectivity index (χ1) is 19.0. The monoisotopic (exact) mass is 538 g/mol. The zero-order valence-electron chi connectivity index (χ0n) is 21.7. The average Bonchev–Trinajstić information content (AvgIpc) is 3.00. The lowest BCUT2D eigenvalue weighted by atomic mass is 9.98. The maximum absolute atomic E-state index is 13.5. The van der Waals surface area contributed by atoms with Crippen LogP contribution in [0.15, 0.2) is 109 Å². The van der Waals surface area contributed by atoms with Gasteiger partial charge >= 0.3 is 5.97 Å². The fourth-order valence-electron chi connectivity index (χ4n) is 4.19. The minimum Gasteiger partial charge on any atom is -0.467 e. The zero-order valence-corrected chi connectivity index (χ0v) is 22.5. The molecule has 0 radical (unpaired) electrons. The summed E-state index contributed by atoms with van der Waals surface area (Å²) in [7, 11) is 1.31. The Kier molecular flexibility index (Phi) is 10.0. The standard InChI is InChI=1S/C32H30N2O4S/c1-38-31(36)29(20-24-14-16-25(17-15-24)27-13-8-18-33-21-27)34-30(35)28(19-23-9-4-2-5-10-23)22-39-32(37)26-11-6-3-7-12-26/h2-18,21,28-29H,19-20,22H2,1H3,(H,34,35)/t28?,29-/m0/s1. The molecule has 0 spiro atoms. The van der Waals surface area contributed by atoms with E-state index in [0.29, 0.717) is 12.0 Å². The number of nitrogens with zero attached hydrogens (tertiary/aromatic N) is 1. The average molecular weight is 539 g/mol. The molecule has 1 N–H and O–H groups in total. The first-order valence-corrected chi connectivity index (χ1v) is 13.7. The van der Waals surface area contributed by atoms with E-state index in [1.165, 1.54) is 7.11 Å². The van der Waals surface area contributed by atoms with Gasteiger partial charge in [0.2, 0.25) is 11.0 Å². The Morgan fingerprint density at radius 1 is 0.795 bits per heavy atom. The zero-order chi connectivity index (χ0) is 27.5. The highest BCUT2D eigenvalue weighted by Gasteiger charge is 2.27. The van der Waals surface area contributed by atoms with Gasteiger partial charge in [0.25, 0.3) is 0 Å². The molecule has 1 aromatic heterocycles. The molecule has 4 aromatic rings. The first-order valence-electron chi connectivity index (χ1n) is 12.7. The van der Waals surface area contributed by atoms with Crippen LogP contribution in [-0.2, 0) is 27.2 Å². The molecule has 4 rings (SSSR count). The van der Waals surface area contributed by atoms with Gasteiger partial charge < -0.3 is 10.1 Å². The van der Waals surface area contributed by atoms with Gasteiger partial charge in [-0.2, -0.15) is 0 Å². The lowest BCUT2D eigenvalue weighted by Gasteiger charge is -2.21. The molecular weight excluding hydrogens is 508 g/mol. The van der Waals surface area contributed by atoms with E-state index in [-0.39, 0.29) is 23.2 Å². The van der Waals surface area contributed by atoms with Gasteiger partial charge in [0, 0.05) is 30.1 Å². The minimum absolute atomic E-state index is 0.0975. The molecule has 0 aliphatic carbocycles. The van der Waals surface area contributed by atoms with E-state index >= 15 is 0 Å². The Labute approximate surface area is 232 Å². The van der Waals surface area contributed by atoms with E-state index in [0.717, 1.165) is 34.0 Å². The van der Waals surface area contributed by atoms with Crippen LogP contribution in [0.25, 0.3) is 11.1 Å². The number of benzene rings is 3. The Bertz CT molecular complexity index is 1360. The number of thioether (sulfide) groups is 1. The number of methoxy groups -OCH3 is 1. The first kappa shape index (κ1) is 27.8. The van der Waals surface area contributed by atoms with Crippen LogP contribution in [-0.4, -0.2) is 40.9 Å². The number of esters is 1. The molecule has 1 amide bonds. The molecule has 0 aliphatic heterocycles. The molecule has 7 heteroatoms. The Morgan fingerprint density at radius 3 is 2.10 bits per heavy atom. The highest BCUT2D eigenvalue weighted by atomic mass is 32.2. The summed E-state index contributed by atoms with van der Waals surface area (Å²) in [5.41, 5.74) is 4.45. The van der Waals surface area contributed by atoms with Gasteiger partial charge in [-0.15, -0.1) is 0 Å². The van der Waals surface area contributed by atoms with Crippen molar-refractivity contribution in [2.75, 3.05) is 12.9 Å². The Balaban J connectivity index is 1.47. The lowest BCUT2D eigenvalue weighted by molar-refractivity contribution is -0.145. The van der Waals surface area contributed by atoms with Crippen LogP contribution in [0.1, 0.15) is 21.5 Å². The third-order valence-corrected chi connectivity index (χ3v) is 7.38. The third-order valence-electron chi connectivity index (χ3n) is 6.31. The summed E-state index contributed by atoms with van der Waals surface area (Å²) in [5, 5.41) is 2.80. The van der Waals surface area contributed by atoms with E-state index in [1.54, 1.807) is 24.5 Å². The maximum Gasteiger partial charge on any atom is 0.328 e. The predicted octanol–water partition coefficient (Wildman–Crippen LogP) is 5.38. The van der Waals surface area contributed by atoms with Crippen molar-refractivity contribution < 1.29 is 19.1 Å². The van der Waals surface area contributed by atoms with Gasteiger partial charge in [-0.1, -0.05) is 103 Å². The topological polar surface area (TPSA) is 85.4 Å². The van der Waals surface area contributed by atoms with Crippen molar-refractivity contribution >= 4 is 28.8 Å². The van der Waals surface area contributed by atoms with Crippen molar-refractivity contribution in [2.24, 2.45) is 5.92 Å². The largest absolute Gasteiger partial charge is 0.467 e. The summed E-state index contributed by atoms with van der Waals surface area (Å²) in [6, 6.07) is 29.4. The second kappa shape index (κ2) is 14.1. The van der Waals surface area contributed by atoms with E-state index in [4.69, 9.17) is 4.74 Å². The van der Waals surface area contributed by atoms with Crippen molar-refractivity contribution in [1.82, 2.24) is 10.3 Å². The fourth-order valence-corrected chi connectivity index (χ4v) is 5.11. The molecule has 6 nitrogen and oxygen atoms in total. The number of carbonyl (C=O) groups excluding carboxylic acids is 3. The summed E-state index contributed by atoms with van der Waals surface area (Å²) >= 11 is 1.11. The second-order valence-corrected chi connectivity index (χ2v) is 10.1. The molecule has 2 atom stereocenters. The van der Waals surface area contributed by atoms with Crippen molar-refractivity contribution in [2.45, 2.75) is 18.9 Å². The van der Waals surface area contributed by atoms with E-state index in [9.17, 15) is 14.4 Å². The number of carbonyl (C=O) groups is 3. The molecule has 1 heterocycles. The van der Waals surface area contributed by atoms with Crippen molar-refractivity contribution in [1.29, 1.82) is 0 Å². The van der Waals surface area contributed by atoms with Gasteiger partial charge in [0.05, 0.1) is 13.0 Å². The molecular formula is C32H30N2O4S. The summed E-state index contributed by atoms with van der Waals surface area (Å²) in [6.07, 6.45) is 4.23. The molecule has 0 aliphatic rings. The molecule has 0 saturated heterocycles. The summed E-state index contributed by atoms with van der Waals surface area (Å²) in [4.78, 5) is 43.1. The normalized spacial score (nSPS) is 12.2. The molecule has 3 aromatic carbocycles. The number of aromatic nitrogens is 1. The summed E-state index contributed by atoms with van der Waals surface area (Å²) in [6.45, 7) is 0. The molecule has 0 fully saturated rings. The number of pyridine rings is 1. The highest BCUT2D eigenvalue weighted by molar-refractivity contribution is 8.14. The van der Waals surface area contributed by atoms with Crippen molar-refractivity contribution in [3.05, 3.63) is 126 Å². The summed E-state index contributed by atoms with van der Waals surface area (Å²) < 4.78 is 5.01. The predicted molar refractivity (Wildman–Crippen MR) is 154 cm³/mol. The third kappa shape index (κ3) is 8.12. The Morgan fingerprint density at radius 2 is 1.46 bits per heavy atom. The number of hydrogen-bond acceptors (Lipinski definition) is 6. The van der Waals surface area contributed by atoms with Crippen LogP contribution in [0, 0.1) is 5.92 Å². The maximum atomic E-state index is 13.5. The SMILES string of the molecule is COC(=O)[C@H](Cc1ccc(-c2cccnc2)cc1)NC(=O)C(CSC(=O)c1ccccc1)Cc1ccccc1. The van der Waals surface area contributed by atoms with E-state index in [1.807, 2.05) is 84.9 Å². The molecule has 39 heavy (non-hydrogen) atoms. The van der Waals surface area contributed by atoms with Gasteiger partial charge in [-0.3, -0.25) is 14.6 Å². The number of amides is 1. The van der Waals surface area contributed by atoms with Crippen LogP contribution in [0.5, 0.6) is 0 Å². The van der Waals surface area contributed by atoms with Crippen molar-refractivity contribution in [3.63, 3.8) is 0 Å². The molecule has 0 saturated carbocycles. The summed E-state index contributed by atoms with van der Waals surface area (Å²) in [5.74, 6) is -1.06. The van der Waals surface area contributed by atoms with Crippen LogP contribution in [0.3, 0.4) is 0 Å². The van der Waals surface area contributed by atoms with E-state index in [2.05, 4.69) is 10.3 Å². The van der Waals surface area contributed by atoms with Gasteiger partial charge in [0.15, 0.2) is 0 Å².